The second-order valence-electron chi connectivity index (χ2n) is 4.44. The summed E-state index contributed by atoms with van der Waals surface area (Å²) in [5.74, 6) is 0.405. The molecule has 0 aliphatic carbocycles. The van der Waals surface area contributed by atoms with Crippen molar-refractivity contribution < 1.29 is 4.39 Å². The van der Waals surface area contributed by atoms with Gasteiger partial charge in [-0.05, 0) is 41.2 Å². The van der Waals surface area contributed by atoms with Crippen LogP contribution < -0.4 is 0 Å². The minimum atomic E-state index is -0.190. The van der Waals surface area contributed by atoms with Gasteiger partial charge in [0.2, 0.25) is 0 Å². The van der Waals surface area contributed by atoms with E-state index in [9.17, 15) is 4.39 Å². The Bertz CT molecular complexity index is 468. The van der Waals surface area contributed by atoms with Crippen LogP contribution in [0.3, 0.4) is 0 Å². The zero-order chi connectivity index (χ0) is 12.3. The SMILES string of the molecule is CCC(C)c1ccc(-c2ccc(F)cc2)cc1. The van der Waals surface area contributed by atoms with Crippen LogP contribution in [0.25, 0.3) is 11.1 Å². The summed E-state index contributed by atoms with van der Waals surface area (Å²) in [7, 11) is 0. The maximum Gasteiger partial charge on any atom is 0.123 e. The number of halogens is 1. The van der Waals surface area contributed by atoms with Gasteiger partial charge < -0.3 is 0 Å². The van der Waals surface area contributed by atoms with Gasteiger partial charge in [-0.25, -0.2) is 4.39 Å². The summed E-state index contributed by atoms with van der Waals surface area (Å²) >= 11 is 0. The van der Waals surface area contributed by atoms with E-state index in [2.05, 4.69) is 38.1 Å². The van der Waals surface area contributed by atoms with Gasteiger partial charge in [0.15, 0.2) is 0 Å². The van der Waals surface area contributed by atoms with Crippen molar-refractivity contribution in [2.45, 2.75) is 26.2 Å². The molecule has 0 heterocycles. The topological polar surface area (TPSA) is 0 Å². The molecule has 0 aliphatic rings. The van der Waals surface area contributed by atoms with Crippen LogP contribution in [0.2, 0.25) is 0 Å². The Morgan fingerprint density at radius 2 is 1.35 bits per heavy atom. The molecule has 0 bridgehead atoms. The highest BCUT2D eigenvalue weighted by Crippen LogP contribution is 2.24. The van der Waals surface area contributed by atoms with Crippen LogP contribution in [0.4, 0.5) is 4.39 Å². The molecule has 2 aromatic rings. The first kappa shape index (κ1) is 11.8. The molecule has 0 saturated carbocycles. The zero-order valence-corrected chi connectivity index (χ0v) is 10.3. The molecule has 2 aromatic carbocycles. The summed E-state index contributed by atoms with van der Waals surface area (Å²) in [4.78, 5) is 0. The van der Waals surface area contributed by atoms with Gasteiger partial charge in [-0.3, -0.25) is 0 Å². The quantitative estimate of drug-likeness (QED) is 0.693. The first-order valence-electron chi connectivity index (χ1n) is 6.06. The first-order chi connectivity index (χ1) is 8.20. The highest BCUT2D eigenvalue weighted by Gasteiger charge is 2.03. The molecular weight excluding hydrogens is 211 g/mol. The van der Waals surface area contributed by atoms with Crippen LogP contribution >= 0.6 is 0 Å². The van der Waals surface area contributed by atoms with Crippen LogP contribution in [0, 0.1) is 5.82 Å². The van der Waals surface area contributed by atoms with E-state index >= 15 is 0 Å². The monoisotopic (exact) mass is 228 g/mol. The normalized spacial score (nSPS) is 12.4. The minimum absolute atomic E-state index is 0.190. The second-order valence-corrected chi connectivity index (χ2v) is 4.44. The molecule has 0 spiro atoms. The molecule has 0 N–H and O–H groups in total. The Balaban J connectivity index is 2.26. The smallest absolute Gasteiger partial charge is 0.123 e. The first-order valence-corrected chi connectivity index (χ1v) is 6.06. The maximum atomic E-state index is 12.8. The van der Waals surface area contributed by atoms with E-state index in [4.69, 9.17) is 0 Å². The van der Waals surface area contributed by atoms with E-state index < -0.39 is 0 Å². The molecule has 0 radical (unpaired) electrons. The van der Waals surface area contributed by atoms with Crippen molar-refractivity contribution in [1.29, 1.82) is 0 Å². The highest BCUT2D eigenvalue weighted by atomic mass is 19.1. The van der Waals surface area contributed by atoms with Crippen molar-refractivity contribution in [1.82, 2.24) is 0 Å². The largest absolute Gasteiger partial charge is 0.207 e. The van der Waals surface area contributed by atoms with Gasteiger partial charge in [-0.1, -0.05) is 50.2 Å². The average molecular weight is 228 g/mol. The van der Waals surface area contributed by atoms with Gasteiger partial charge in [-0.15, -0.1) is 0 Å². The molecule has 0 aliphatic heterocycles. The predicted octanol–water partition coefficient (Wildman–Crippen LogP) is 5.01. The molecule has 17 heavy (non-hydrogen) atoms. The zero-order valence-electron chi connectivity index (χ0n) is 10.3. The molecule has 0 saturated heterocycles. The Labute approximate surface area is 102 Å². The third kappa shape index (κ3) is 2.73. The van der Waals surface area contributed by atoms with Crippen molar-refractivity contribution in [2.24, 2.45) is 0 Å². The third-order valence-corrected chi connectivity index (χ3v) is 3.27. The van der Waals surface area contributed by atoms with Gasteiger partial charge in [0.05, 0.1) is 0 Å². The second kappa shape index (κ2) is 5.13. The number of benzene rings is 2. The van der Waals surface area contributed by atoms with Crippen molar-refractivity contribution in [3.8, 4) is 11.1 Å². The van der Waals surface area contributed by atoms with E-state index in [0.29, 0.717) is 5.92 Å². The lowest BCUT2D eigenvalue weighted by Gasteiger charge is -2.09. The number of rotatable bonds is 3. The summed E-state index contributed by atoms with van der Waals surface area (Å²) in [6.07, 6.45) is 1.15. The van der Waals surface area contributed by atoms with Gasteiger partial charge in [0.1, 0.15) is 5.82 Å². The molecule has 0 amide bonds. The minimum Gasteiger partial charge on any atom is -0.207 e. The average Bonchev–Trinajstić information content (AvgIpc) is 2.39. The summed E-state index contributed by atoms with van der Waals surface area (Å²) in [6.45, 7) is 4.42. The van der Waals surface area contributed by atoms with E-state index in [1.54, 1.807) is 0 Å². The van der Waals surface area contributed by atoms with E-state index in [1.165, 1.54) is 17.7 Å². The van der Waals surface area contributed by atoms with Crippen LogP contribution in [0.1, 0.15) is 31.7 Å². The highest BCUT2D eigenvalue weighted by molar-refractivity contribution is 5.63. The van der Waals surface area contributed by atoms with Crippen molar-refractivity contribution >= 4 is 0 Å². The Morgan fingerprint density at radius 1 is 0.882 bits per heavy atom. The van der Waals surface area contributed by atoms with E-state index in [0.717, 1.165) is 17.5 Å². The molecule has 1 atom stereocenters. The van der Waals surface area contributed by atoms with Crippen LogP contribution in [0.15, 0.2) is 48.5 Å². The number of hydrogen-bond donors (Lipinski definition) is 0. The molecule has 0 aromatic heterocycles. The lowest BCUT2D eigenvalue weighted by atomic mass is 9.96. The predicted molar refractivity (Wildman–Crippen MR) is 70.5 cm³/mol. The van der Waals surface area contributed by atoms with Gasteiger partial charge in [0.25, 0.3) is 0 Å². The molecule has 0 fully saturated rings. The fraction of sp³-hybridized carbons (Fsp3) is 0.250. The fourth-order valence-corrected chi connectivity index (χ4v) is 1.88. The molecular formula is C16H17F. The molecule has 2 rings (SSSR count). The summed E-state index contributed by atoms with van der Waals surface area (Å²) < 4.78 is 12.8. The third-order valence-electron chi connectivity index (χ3n) is 3.27. The Morgan fingerprint density at radius 3 is 1.82 bits per heavy atom. The van der Waals surface area contributed by atoms with E-state index in [-0.39, 0.29) is 5.82 Å². The van der Waals surface area contributed by atoms with E-state index in [1.807, 2.05) is 12.1 Å². The lowest BCUT2D eigenvalue weighted by molar-refractivity contribution is 0.628. The van der Waals surface area contributed by atoms with Crippen molar-refractivity contribution in [2.75, 3.05) is 0 Å². The van der Waals surface area contributed by atoms with Crippen LogP contribution in [0.5, 0.6) is 0 Å². The van der Waals surface area contributed by atoms with Gasteiger partial charge in [0, 0.05) is 0 Å². The van der Waals surface area contributed by atoms with Crippen LogP contribution in [-0.4, -0.2) is 0 Å². The summed E-state index contributed by atoms with van der Waals surface area (Å²) in [5.41, 5.74) is 3.55. The lowest BCUT2D eigenvalue weighted by Crippen LogP contribution is -1.90. The molecule has 1 heteroatoms. The van der Waals surface area contributed by atoms with Gasteiger partial charge >= 0.3 is 0 Å². The summed E-state index contributed by atoms with van der Waals surface area (Å²) in [6, 6.07) is 15.2. The standard InChI is InChI=1S/C16H17F/c1-3-12(2)13-4-6-14(7-5-13)15-8-10-16(17)11-9-15/h4-12H,3H2,1-2H3. The molecule has 1 unspecified atom stereocenters. The van der Waals surface area contributed by atoms with Crippen molar-refractivity contribution in [3.63, 3.8) is 0 Å². The molecule has 0 nitrogen and oxygen atoms in total. The van der Waals surface area contributed by atoms with Gasteiger partial charge in [-0.2, -0.15) is 0 Å². The Hall–Kier alpha value is -1.63. The number of hydrogen-bond acceptors (Lipinski definition) is 0. The maximum absolute atomic E-state index is 12.8. The van der Waals surface area contributed by atoms with Crippen LogP contribution in [-0.2, 0) is 0 Å². The summed E-state index contributed by atoms with van der Waals surface area (Å²) in [5, 5.41) is 0. The fourth-order valence-electron chi connectivity index (χ4n) is 1.88. The van der Waals surface area contributed by atoms with Crippen molar-refractivity contribution in [3.05, 3.63) is 59.9 Å². The Kier molecular flexibility index (Phi) is 3.58. The molecule has 88 valence electrons.